The maximum Gasteiger partial charge on any atom is 0.275 e. The van der Waals surface area contributed by atoms with Crippen LogP contribution in [0.3, 0.4) is 0 Å². The lowest BCUT2D eigenvalue weighted by Crippen LogP contribution is -2.49. The minimum Gasteiger partial charge on any atom is -0.495 e. The van der Waals surface area contributed by atoms with Crippen molar-refractivity contribution in [3.8, 4) is 5.75 Å². The standard InChI is InChI=1S/C22H23BrN4O3/c1-3-27-21(28)16-8-5-4-7-15(16)20(24-27)22(29)26-13-11-25(12-14-26)17-9-6-10-18(30-2)19(17)23/h4-10H,3,11-14H2,1-2H3. The van der Waals surface area contributed by atoms with Gasteiger partial charge in [0, 0.05) is 38.1 Å². The van der Waals surface area contributed by atoms with Crippen molar-refractivity contribution in [3.63, 3.8) is 0 Å². The molecule has 3 aromatic rings. The van der Waals surface area contributed by atoms with Crippen LogP contribution >= 0.6 is 15.9 Å². The van der Waals surface area contributed by atoms with Crippen LogP contribution in [0, 0.1) is 0 Å². The van der Waals surface area contributed by atoms with E-state index in [4.69, 9.17) is 4.74 Å². The van der Waals surface area contributed by atoms with Gasteiger partial charge in [-0.15, -0.1) is 0 Å². The Morgan fingerprint density at radius 2 is 1.77 bits per heavy atom. The summed E-state index contributed by atoms with van der Waals surface area (Å²) in [6, 6.07) is 13.1. The van der Waals surface area contributed by atoms with Crippen molar-refractivity contribution in [2.45, 2.75) is 13.5 Å². The van der Waals surface area contributed by atoms with Gasteiger partial charge in [0.1, 0.15) is 5.75 Å². The normalized spacial score (nSPS) is 14.2. The average Bonchev–Trinajstić information content (AvgIpc) is 2.79. The topological polar surface area (TPSA) is 67.7 Å². The van der Waals surface area contributed by atoms with Gasteiger partial charge >= 0.3 is 0 Å². The monoisotopic (exact) mass is 470 g/mol. The van der Waals surface area contributed by atoms with Crippen molar-refractivity contribution >= 4 is 38.3 Å². The molecule has 1 aromatic heterocycles. The largest absolute Gasteiger partial charge is 0.495 e. The van der Waals surface area contributed by atoms with Gasteiger partial charge in [-0.2, -0.15) is 5.10 Å². The number of amides is 1. The predicted molar refractivity (Wildman–Crippen MR) is 120 cm³/mol. The summed E-state index contributed by atoms with van der Waals surface area (Å²) in [5.74, 6) is 0.640. The first-order valence-electron chi connectivity index (χ1n) is 9.91. The molecule has 1 fully saturated rings. The summed E-state index contributed by atoms with van der Waals surface area (Å²) in [5, 5.41) is 5.51. The molecule has 30 heavy (non-hydrogen) atoms. The van der Waals surface area contributed by atoms with Gasteiger partial charge in [-0.3, -0.25) is 9.59 Å². The number of aryl methyl sites for hydroxylation is 1. The van der Waals surface area contributed by atoms with Crippen LogP contribution in [0.25, 0.3) is 10.8 Å². The van der Waals surface area contributed by atoms with Crippen LogP contribution in [-0.4, -0.2) is 53.9 Å². The summed E-state index contributed by atoms with van der Waals surface area (Å²) in [6.45, 7) is 4.81. The van der Waals surface area contributed by atoms with Crippen LogP contribution in [-0.2, 0) is 6.54 Å². The summed E-state index contributed by atoms with van der Waals surface area (Å²) >= 11 is 3.62. The fourth-order valence-electron chi connectivity index (χ4n) is 3.81. The molecule has 1 aliphatic heterocycles. The van der Waals surface area contributed by atoms with Crippen molar-refractivity contribution in [3.05, 3.63) is 63.0 Å². The fraction of sp³-hybridized carbons (Fsp3) is 0.318. The lowest BCUT2D eigenvalue weighted by atomic mass is 10.1. The van der Waals surface area contributed by atoms with E-state index in [1.54, 1.807) is 19.2 Å². The van der Waals surface area contributed by atoms with Crippen LogP contribution < -0.4 is 15.2 Å². The van der Waals surface area contributed by atoms with Crippen LogP contribution in [0.4, 0.5) is 5.69 Å². The maximum absolute atomic E-state index is 13.3. The first-order chi connectivity index (χ1) is 14.5. The Morgan fingerprint density at radius 1 is 1.07 bits per heavy atom. The Balaban J connectivity index is 1.59. The molecule has 0 saturated carbocycles. The summed E-state index contributed by atoms with van der Waals surface area (Å²) < 4.78 is 7.66. The molecule has 1 aliphatic rings. The van der Waals surface area contributed by atoms with Crippen LogP contribution in [0.5, 0.6) is 5.75 Å². The molecule has 7 nitrogen and oxygen atoms in total. The number of aromatic nitrogens is 2. The van der Waals surface area contributed by atoms with E-state index in [0.717, 1.165) is 15.9 Å². The molecule has 4 rings (SSSR count). The van der Waals surface area contributed by atoms with Gasteiger partial charge in [0.25, 0.3) is 11.5 Å². The van der Waals surface area contributed by atoms with Gasteiger partial charge in [-0.05, 0) is 41.1 Å². The van der Waals surface area contributed by atoms with Gasteiger partial charge in [-0.1, -0.05) is 24.3 Å². The lowest BCUT2D eigenvalue weighted by Gasteiger charge is -2.36. The number of halogens is 1. The van der Waals surface area contributed by atoms with Gasteiger partial charge in [0.2, 0.25) is 0 Å². The second-order valence-electron chi connectivity index (χ2n) is 7.09. The number of carbonyl (C=O) groups excluding carboxylic acids is 1. The van der Waals surface area contributed by atoms with E-state index in [1.165, 1.54) is 4.68 Å². The summed E-state index contributed by atoms with van der Waals surface area (Å²) in [6.07, 6.45) is 0. The number of ether oxygens (including phenoxy) is 1. The smallest absolute Gasteiger partial charge is 0.275 e. The molecule has 0 aliphatic carbocycles. The number of hydrogen-bond acceptors (Lipinski definition) is 5. The number of fused-ring (bicyclic) bond motifs is 1. The van der Waals surface area contributed by atoms with E-state index in [-0.39, 0.29) is 11.5 Å². The zero-order valence-electron chi connectivity index (χ0n) is 17.0. The third kappa shape index (κ3) is 3.56. The molecule has 0 bridgehead atoms. The molecule has 2 aromatic carbocycles. The van der Waals surface area contributed by atoms with E-state index in [2.05, 4.69) is 25.9 Å². The Kier molecular flexibility index (Phi) is 5.76. The minimum absolute atomic E-state index is 0.141. The molecule has 156 valence electrons. The van der Waals surface area contributed by atoms with Crippen molar-refractivity contribution in [1.29, 1.82) is 0 Å². The number of rotatable bonds is 4. The number of piperazine rings is 1. The number of carbonyl (C=O) groups is 1. The predicted octanol–water partition coefficient (Wildman–Crippen LogP) is 3.15. The van der Waals surface area contributed by atoms with Crippen molar-refractivity contribution < 1.29 is 9.53 Å². The van der Waals surface area contributed by atoms with E-state index < -0.39 is 0 Å². The molecular formula is C22H23BrN4O3. The lowest BCUT2D eigenvalue weighted by molar-refractivity contribution is 0.0740. The number of nitrogens with zero attached hydrogens (tertiary/aromatic N) is 4. The SMILES string of the molecule is CCn1nc(C(=O)N2CCN(c3cccc(OC)c3Br)CC2)c2ccccc2c1=O. The molecule has 8 heteroatoms. The molecule has 0 N–H and O–H groups in total. The minimum atomic E-state index is -0.169. The molecule has 2 heterocycles. The van der Waals surface area contributed by atoms with E-state index in [0.29, 0.717) is 49.2 Å². The number of anilines is 1. The van der Waals surface area contributed by atoms with Gasteiger partial charge in [0.05, 0.1) is 22.7 Å². The second kappa shape index (κ2) is 8.47. The van der Waals surface area contributed by atoms with E-state index >= 15 is 0 Å². The zero-order valence-corrected chi connectivity index (χ0v) is 18.6. The maximum atomic E-state index is 13.3. The summed E-state index contributed by atoms with van der Waals surface area (Å²) in [5.41, 5.74) is 1.21. The van der Waals surface area contributed by atoms with Gasteiger partial charge < -0.3 is 14.5 Å². The highest BCUT2D eigenvalue weighted by molar-refractivity contribution is 9.10. The number of hydrogen-bond donors (Lipinski definition) is 0. The van der Waals surface area contributed by atoms with Crippen molar-refractivity contribution in [2.24, 2.45) is 0 Å². The molecular weight excluding hydrogens is 448 g/mol. The van der Waals surface area contributed by atoms with E-state index in [1.807, 2.05) is 42.2 Å². The highest BCUT2D eigenvalue weighted by Crippen LogP contribution is 2.35. The highest BCUT2D eigenvalue weighted by atomic mass is 79.9. The third-order valence-electron chi connectivity index (χ3n) is 5.44. The van der Waals surface area contributed by atoms with E-state index in [9.17, 15) is 9.59 Å². The van der Waals surface area contributed by atoms with Gasteiger partial charge in [-0.25, -0.2) is 4.68 Å². The molecule has 1 amide bonds. The number of benzene rings is 2. The quantitative estimate of drug-likeness (QED) is 0.585. The summed E-state index contributed by atoms with van der Waals surface area (Å²) in [4.78, 5) is 29.9. The Hall–Kier alpha value is -2.87. The van der Waals surface area contributed by atoms with Crippen LogP contribution in [0.2, 0.25) is 0 Å². The third-order valence-corrected chi connectivity index (χ3v) is 6.24. The number of methoxy groups -OCH3 is 1. The molecule has 0 unspecified atom stereocenters. The molecule has 0 spiro atoms. The Bertz CT molecular complexity index is 1150. The zero-order chi connectivity index (χ0) is 21.3. The summed E-state index contributed by atoms with van der Waals surface area (Å²) in [7, 11) is 1.65. The first kappa shape index (κ1) is 20.4. The Labute approximate surface area is 183 Å². The first-order valence-corrected chi connectivity index (χ1v) is 10.7. The molecule has 1 saturated heterocycles. The Morgan fingerprint density at radius 3 is 2.43 bits per heavy atom. The highest BCUT2D eigenvalue weighted by Gasteiger charge is 2.26. The van der Waals surface area contributed by atoms with Crippen molar-refractivity contribution in [2.75, 3.05) is 38.2 Å². The average molecular weight is 471 g/mol. The fourth-order valence-corrected chi connectivity index (χ4v) is 4.49. The second-order valence-corrected chi connectivity index (χ2v) is 7.88. The van der Waals surface area contributed by atoms with Crippen molar-refractivity contribution in [1.82, 2.24) is 14.7 Å². The molecule has 0 atom stereocenters. The van der Waals surface area contributed by atoms with Crippen LogP contribution in [0.1, 0.15) is 17.4 Å². The molecule has 0 radical (unpaired) electrons. The van der Waals surface area contributed by atoms with Gasteiger partial charge in [0.15, 0.2) is 5.69 Å². The van der Waals surface area contributed by atoms with Crippen LogP contribution in [0.15, 0.2) is 51.7 Å².